The fourth-order valence-electron chi connectivity index (χ4n) is 14.2. The summed E-state index contributed by atoms with van der Waals surface area (Å²) in [6, 6.07) is 69.5. The highest BCUT2D eigenvalue weighted by Gasteiger charge is 2.46. The zero-order valence-electron chi connectivity index (χ0n) is 42.7. The van der Waals surface area contributed by atoms with Crippen LogP contribution in [0.3, 0.4) is 0 Å². The van der Waals surface area contributed by atoms with Gasteiger partial charge in [-0.05, 0) is 143 Å². The zero-order valence-corrected chi connectivity index (χ0v) is 41.7. The minimum absolute atomic E-state index is 0.102. The first-order chi connectivity index (χ1) is 35.3. The molecule has 0 atom stereocenters. The van der Waals surface area contributed by atoms with Crippen molar-refractivity contribution in [1.82, 2.24) is 9.13 Å². The number of fused-ring (bicyclic) bond motifs is 14. The monoisotopic (exact) mass is 922 g/mol. The summed E-state index contributed by atoms with van der Waals surface area (Å²) in [5, 5.41) is 7.77. The molecule has 16 rings (SSSR count). The number of rotatable bonds is 3. The van der Waals surface area contributed by atoms with Gasteiger partial charge in [0.2, 0.25) is 0 Å². The van der Waals surface area contributed by atoms with E-state index >= 15 is 0 Å². The number of hydrogen-bond donors (Lipinski definition) is 0. The molecular formula is C68H52BN3. The fraction of sp³-hybridized carbons (Fsp3) is 0.147. The van der Waals surface area contributed by atoms with E-state index in [4.69, 9.17) is 0 Å². The maximum Gasteiger partial charge on any atom is 0.252 e. The van der Waals surface area contributed by atoms with Gasteiger partial charge in [-0.25, -0.2) is 0 Å². The highest BCUT2D eigenvalue weighted by atomic mass is 15.2. The van der Waals surface area contributed by atoms with E-state index < -0.39 is 5.89 Å². The van der Waals surface area contributed by atoms with Gasteiger partial charge < -0.3 is 14.0 Å². The van der Waals surface area contributed by atoms with Crippen molar-refractivity contribution in [2.75, 3.05) is 4.90 Å². The van der Waals surface area contributed by atoms with Gasteiger partial charge in [0.05, 0.1) is 22.2 Å². The fourth-order valence-corrected chi connectivity index (χ4v) is 14.2. The largest absolute Gasteiger partial charge is 0.311 e. The van der Waals surface area contributed by atoms with E-state index in [-0.39, 0.29) is 17.5 Å². The van der Waals surface area contributed by atoms with Crippen LogP contribution in [0.25, 0.3) is 99.1 Å². The van der Waals surface area contributed by atoms with Crippen molar-refractivity contribution < 1.29 is 1.37 Å². The second-order valence-electron chi connectivity index (χ2n) is 22.8. The summed E-state index contributed by atoms with van der Waals surface area (Å²) in [6.45, 7) is 15.9. The Morgan fingerprint density at radius 2 is 1.19 bits per heavy atom. The van der Waals surface area contributed by atoms with Crippen LogP contribution >= 0.6 is 0 Å². The zero-order chi connectivity index (χ0) is 49.2. The van der Waals surface area contributed by atoms with Crippen LogP contribution in [0.2, 0.25) is 0 Å². The van der Waals surface area contributed by atoms with Gasteiger partial charge >= 0.3 is 0 Å². The van der Waals surface area contributed by atoms with E-state index in [0.29, 0.717) is 0 Å². The molecule has 0 radical (unpaired) electrons. The van der Waals surface area contributed by atoms with Crippen LogP contribution in [0.5, 0.6) is 0 Å². The van der Waals surface area contributed by atoms with Crippen molar-refractivity contribution in [1.29, 1.82) is 0 Å². The summed E-state index contributed by atoms with van der Waals surface area (Å²) >= 11 is 0. The number of anilines is 3. The molecule has 2 aliphatic heterocycles. The Bertz CT molecular complexity index is 4500. The van der Waals surface area contributed by atoms with Crippen molar-refractivity contribution in [2.24, 2.45) is 0 Å². The number of hydrogen-bond acceptors (Lipinski definition) is 1. The number of benzene rings is 10. The SMILES string of the molecule is [2H]C(C)(C)c1ccc2c(c1)B1c3c(cc(-n4c5cccc6c5c5c7c(cccc7ccc54)-c4ccccc4-6)cc3-n3c4c1cc(C(C)(C)C)cc4c1ccc4c(c13)C(C)(C)c1ccccc1-4)N2c1ccccc1. The lowest BCUT2D eigenvalue weighted by Crippen LogP contribution is -2.60. The number of nitrogens with zero attached hydrogens (tertiary/aromatic N) is 3. The molecule has 4 aliphatic rings. The number of para-hydroxylation sites is 1. The minimum atomic E-state index is -0.796. The van der Waals surface area contributed by atoms with Crippen LogP contribution in [-0.2, 0) is 10.8 Å². The van der Waals surface area contributed by atoms with Crippen molar-refractivity contribution in [3.63, 3.8) is 0 Å². The second kappa shape index (κ2) is 13.7. The van der Waals surface area contributed by atoms with Gasteiger partial charge in [0.1, 0.15) is 0 Å². The first-order valence-corrected chi connectivity index (χ1v) is 25.8. The van der Waals surface area contributed by atoms with Gasteiger partial charge in [-0.15, -0.1) is 0 Å². The van der Waals surface area contributed by atoms with Gasteiger partial charge in [-0.3, -0.25) is 0 Å². The van der Waals surface area contributed by atoms with Gasteiger partial charge in [0.15, 0.2) is 0 Å². The van der Waals surface area contributed by atoms with Crippen LogP contribution in [0.4, 0.5) is 17.1 Å². The van der Waals surface area contributed by atoms with Gasteiger partial charge in [-0.2, -0.15) is 0 Å². The Morgan fingerprint density at radius 1 is 0.500 bits per heavy atom. The summed E-state index contributed by atoms with van der Waals surface area (Å²) < 4.78 is 14.8. The molecule has 0 unspecified atom stereocenters. The Labute approximate surface area is 422 Å². The van der Waals surface area contributed by atoms with E-state index in [0.717, 1.165) is 22.6 Å². The number of aromatic nitrogens is 2. The van der Waals surface area contributed by atoms with Crippen molar-refractivity contribution >= 4 is 94.5 Å². The Hall–Kier alpha value is -8.08. The van der Waals surface area contributed by atoms with Crippen LogP contribution in [0.1, 0.15) is 78.0 Å². The third-order valence-corrected chi connectivity index (χ3v) is 17.4. The summed E-state index contributed by atoms with van der Waals surface area (Å²) in [6.07, 6.45) is 0. The third kappa shape index (κ3) is 4.98. The van der Waals surface area contributed by atoms with E-state index in [1.54, 1.807) is 0 Å². The maximum atomic E-state index is 9.46. The maximum absolute atomic E-state index is 9.46. The molecule has 342 valence electrons. The molecule has 0 amide bonds. The average molecular weight is 923 g/mol. The highest BCUT2D eigenvalue weighted by molar-refractivity contribution is 7.00. The third-order valence-electron chi connectivity index (χ3n) is 17.4. The molecule has 0 bridgehead atoms. The van der Waals surface area contributed by atoms with Crippen LogP contribution in [0, 0.1) is 0 Å². The Kier molecular flexibility index (Phi) is 7.52. The average Bonchev–Trinajstić information content (AvgIpc) is 3.96. The molecule has 72 heavy (non-hydrogen) atoms. The molecular weight excluding hydrogens is 870 g/mol. The van der Waals surface area contributed by atoms with E-state index in [1.165, 1.54) is 132 Å². The normalized spacial score (nSPS) is 14.8. The smallest absolute Gasteiger partial charge is 0.252 e. The molecule has 0 saturated carbocycles. The van der Waals surface area contributed by atoms with E-state index in [9.17, 15) is 1.37 Å². The van der Waals surface area contributed by atoms with Gasteiger partial charge in [0, 0.05) is 56.6 Å². The lowest BCUT2D eigenvalue weighted by molar-refractivity contribution is 0.591. The molecule has 0 N–H and O–H groups in total. The quantitative estimate of drug-likeness (QED) is 0.161. The molecule has 3 nitrogen and oxygen atoms in total. The predicted octanol–water partition coefficient (Wildman–Crippen LogP) is 16.0. The Morgan fingerprint density at radius 3 is 1.97 bits per heavy atom. The first-order valence-electron chi connectivity index (χ1n) is 26.3. The Balaban J connectivity index is 1.12. The van der Waals surface area contributed by atoms with Crippen molar-refractivity contribution in [2.45, 2.75) is 65.2 Å². The lowest BCUT2D eigenvalue weighted by Gasteiger charge is -2.41. The molecule has 4 heterocycles. The van der Waals surface area contributed by atoms with Gasteiger partial charge in [-0.1, -0.05) is 182 Å². The molecule has 0 spiro atoms. The molecule has 0 saturated heterocycles. The van der Waals surface area contributed by atoms with Crippen molar-refractivity contribution in [3.05, 3.63) is 204 Å². The van der Waals surface area contributed by atoms with Crippen molar-refractivity contribution in [3.8, 4) is 44.8 Å². The van der Waals surface area contributed by atoms with Crippen LogP contribution < -0.4 is 21.3 Å². The molecule has 10 aromatic carbocycles. The summed E-state index contributed by atoms with van der Waals surface area (Å²) in [5.41, 5.74) is 27.1. The summed E-state index contributed by atoms with van der Waals surface area (Å²) in [5.74, 6) is -0.796. The molecule has 2 aliphatic carbocycles. The predicted molar refractivity (Wildman–Crippen MR) is 307 cm³/mol. The summed E-state index contributed by atoms with van der Waals surface area (Å²) in [7, 11) is 0. The lowest BCUT2D eigenvalue weighted by atomic mass is 9.33. The first kappa shape index (κ1) is 39.6. The standard InChI is InChI=1S/C68H52BN3/c1-38(2)40-28-31-55-53(33-40)69-54-35-41(67(3,4)5)34-51-50-30-29-49-46-22-13-14-25-52(46)68(6,7)63(49)66(50)72(65(51)54)59-37-43(36-58(64(59)69)70(55)42-18-9-8-10-19-42)71-56-26-16-24-48-45-21-12-11-20-44(45)47-23-15-17-39-27-32-57(71)62(60(39)47)61(48)56/h8-38H,1-7H3/i38D. The van der Waals surface area contributed by atoms with E-state index in [1.807, 2.05) is 13.8 Å². The molecule has 12 aromatic rings. The molecule has 4 heteroatoms. The summed E-state index contributed by atoms with van der Waals surface area (Å²) in [4.78, 5) is 2.53. The highest BCUT2D eigenvalue weighted by Crippen LogP contribution is 2.55. The molecule has 2 aromatic heterocycles. The topological polar surface area (TPSA) is 13.1 Å². The minimum Gasteiger partial charge on any atom is -0.311 e. The molecule has 0 fully saturated rings. The van der Waals surface area contributed by atoms with E-state index in [2.05, 4.69) is 231 Å². The van der Waals surface area contributed by atoms with Crippen LogP contribution in [0.15, 0.2) is 182 Å². The van der Waals surface area contributed by atoms with Crippen LogP contribution in [-0.4, -0.2) is 15.8 Å². The second-order valence-corrected chi connectivity index (χ2v) is 22.8. The van der Waals surface area contributed by atoms with Gasteiger partial charge in [0.25, 0.3) is 6.71 Å².